The van der Waals surface area contributed by atoms with E-state index in [4.69, 9.17) is 28.3 Å². The number of aromatic amines is 1. The second-order valence-corrected chi connectivity index (χ2v) is 11.0. The van der Waals surface area contributed by atoms with E-state index >= 15 is 4.39 Å². The van der Waals surface area contributed by atoms with E-state index in [2.05, 4.69) is 15.3 Å². The Hall–Kier alpha value is -2.65. The van der Waals surface area contributed by atoms with Gasteiger partial charge in [-0.15, -0.1) is 0 Å². The molecule has 0 spiro atoms. The van der Waals surface area contributed by atoms with Crippen LogP contribution < -0.4 is 5.32 Å². The Morgan fingerprint density at radius 1 is 1.24 bits per heavy atom. The molecule has 1 amide bonds. The Labute approximate surface area is 225 Å². The molecule has 0 aliphatic heterocycles. The minimum atomic E-state index is -1.19. The lowest BCUT2D eigenvalue weighted by molar-refractivity contribution is -0.122. The molecule has 2 aromatic carbocycles. The molecule has 3 atom stereocenters. The highest BCUT2D eigenvalue weighted by Gasteiger charge is 2.36. The highest BCUT2D eigenvalue weighted by molar-refractivity contribution is 6.31. The molecule has 3 aromatic rings. The predicted octanol–water partition coefficient (Wildman–Crippen LogP) is 5.19. The van der Waals surface area contributed by atoms with Gasteiger partial charge in [0, 0.05) is 34.6 Å². The van der Waals surface area contributed by atoms with Crippen molar-refractivity contribution in [2.24, 2.45) is 10.4 Å². The number of H-pyrrole nitrogens is 1. The zero-order valence-electron chi connectivity index (χ0n) is 20.9. The second kappa shape index (κ2) is 12.3. The molecule has 3 rings (SSSR count). The number of hydrogen-bond acceptors (Lipinski definition) is 5. The van der Waals surface area contributed by atoms with Crippen LogP contribution in [0.15, 0.2) is 41.4 Å². The summed E-state index contributed by atoms with van der Waals surface area (Å²) in [7, 11) is 0. The number of aliphatic imine (C=N–C) groups is 1. The molecule has 0 radical (unpaired) electrons. The maximum absolute atomic E-state index is 15.5. The van der Waals surface area contributed by atoms with E-state index in [0.717, 1.165) is 0 Å². The molecule has 7 nitrogen and oxygen atoms in total. The molecule has 200 valence electrons. The Morgan fingerprint density at radius 2 is 1.97 bits per heavy atom. The lowest BCUT2D eigenvalue weighted by Gasteiger charge is -2.26. The fraction of sp³-hybridized carbons (Fsp3) is 0.407. The molecule has 5 N–H and O–H groups in total. The average molecular weight is 552 g/mol. The number of carbonyl (C=O) groups excluding carboxylic acids is 1. The van der Waals surface area contributed by atoms with E-state index in [1.54, 1.807) is 30.5 Å². The maximum Gasteiger partial charge on any atom is 0.245 e. The number of hydrogen-bond donors (Lipinski definition) is 5. The molecule has 0 saturated carbocycles. The van der Waals surface area contributed by atoms with Crippen LogP contribution in [0.3, 0.4) is 0 Å². The van der Waals surface area contributed by atoms with Crippen LogP contribution >= 0.6 is 23.2 Å². The van der Waals surface area contributed by atoms with Crippen molar-refractivity contribution in [2.75, 3.05) is 13.2 Å². The number of carbonyl (C=O) groups is 1. The van der Waals surface area contributed by atoms with E-state index in [9.17, 15) is 15.0 Å². The molecule has 1 aromatic heterocycles. The smallest absolute Gasteiger partial charge is 0.245 e. The highest BCUT2D eigenvalue weighted by atomic mass is 35.5. The van der Waals surface area contributed by atoms with Gasteiger partial charge in [0.05, 0.1) is 23.3 Å². The lowest BCUT2D eigenvalue weighted by atomic mass is 9.83. The van der Waals surface area contributed by atoms with Gasteiger partial charge in [0.25, 0.3) is 0 Å². The van der Waals surface area contributed by atoms with Crippen LogP contribution in [-0.2, 0) is 4.79 Å². The first-order valence-electron chi connectivity index (χ1n) is 11.9. The summed E-state index contributed by atoms with van der Waals surface area (Å²) in [5.41, 5.74) is 0.751. The SMILES string of the molecule is CC(C)(C)CC=N[C@@H](C(=O)NCC[C@H](O)CO)[C@H](c1cccc(Cl)c1F)c1c(O)[nH]c2cc(Cl)ccc12. The van der Waals surface area contributed by atoms with Crippen molar-refractivity contribution in [3.05, 3.63) is 63.4 Å². The third-order valence-corrected chi connectivity index (χ3v) is 6.48. The lowest BCUT2D eigenvalue weighted by Crippen LogP contribution is -2.39. The minimum absolute atomic E-state index is 0.0616. The first-order chi connectivity index (χ1) is 17.4. The summed E-state index contributed by atoms with van der Waals surface area (Å²) >= 11 is 12.3. The summed E-state index contributed by atoms with van der Waals surface area (Å²) in [6.07, 6.45) is 1.30. The molecule has 0 fully saturated rings. The fourth-order valence-electron chi connectivity index (χ4n) is 4.04. The van der Waals surface area contributed by atoms with Crippen LogP contribution in [0.1, 0.15) is 50.7 Å². The van der Waals surface area contributed by atoms with Crippen LogP contribution in [-0.4, -0.2) is 57.7 Å². The molecule has 0 bridgehead atoms. The summed E-state index contributed by atoms with van der Waals surface area (Å²) < 4.78 is 15.5. The minimum Gasteiger partial charge on any atom is -0.494 e. The quantitative estimate of drug-likeness (QED) is 0.223. The number of nitrogens with zero attached hydrogens (tertiary/aromatic N) is 1. The number of aromatic nitrogens is 1. The van der Waals surface area contributed by atoms with Crippen molar-refractivity contribution in [1.29, 1.82) is 0 Å². The third-order valence-electron chi connectivity index (χ3n) is 5.95. The van der Waals surface area contributed by atoms with Gasteiger partial charge in [-0.05, 0) is 42.0 Å². The number of aromatic hydroxyl groups is 1. The van der Waals surface area contributed by atoms with Crippen molar-refractivity contribution >= 4 is 46.2 Å². The number of fused-ring (bicyclic) bond motifs is 1. The zero-order valence-corrected chi connectivity index (χ0v) is 22.4. The molecular weight excluding hydrogens is 520 g/mol. The largest absolute Gasteiger partial charge is 0.494 e. The monoisotopic (exact) mass is 551 g/mol. The normalized spacial score (nSPS) is 14.7. The van der Waals surface area contributed by atoms with Crippen LogP contribution in [0.2, 0.25) is 10.0 Å². The van der Waals surface area contributed by atoms with Gasteiger partial charge in [-0.2, -0.15) is 0 Å². The Bertz CT molecular complexity index is 1270. The molecule has 0 aliphatic carbocycles. The maximum atomic E-state index is 15.5. The highest BCUT2D eigenvalue weighted by Crippen LogP contribution is 2.42. The van der Waals surface area contributed by atoms with E-state index in [0.29, 0.717) is 22.3 Å². The number of halogens is 3. The van der Waals surface area contributed by atoms with Crippen molar-refractivity contribution in [2.45, 2.75) is 51.7 Å². The summed E-state index contributed by atoms with van der Waals surface area (Å²) in [4.78, 5) is 21.0. The van der Waals surface area contributed by atoms with Crippen molar-refractivity contribution in [1.82, 2.24) is 10.3 Å². The molecule has 0 saturated heterocycles. The van der Waals surface area contributed by atoms with Crippen LogP contribution in [0.25, 0.3) is 10.9 Å². The predicted molar refractivity (Wildman–Crippen MR) is 145 cm³/mol. The summed E-state index contributed by atoms with van der Waals surface area (Å²) in [6, 6.07) is 8.24. The molecule has 0 unspecified atom stereocenters. The summed E-state index contributed by atoms with van der Waals surface area (Å²) in [6.45, 7) is 5.69. The van der Waals surface area contributed by atoms with E-state index in [-0.39, 0.29) is 40.4 Å². The van der Waals surface area contributed by atoms with Gasteiger partial charge in [0.2, 0.25) is 5.91 Å². The van der Waals surface area contributed by atoms with E-state index < -0.39 is 36.4 Å². The molecule has 10 heteroatoms. The van der Waals surface area contributed by atoms with Crippen LogP contribution in [0, 0.1) is 11.2 Å². The van der Waals surface area contributed by atoms with Crippen molar-refractivity contribution in [3.63, 3.8) is 0 Å². The Kier molecular flexibility index (Phi) is 9.58. The van der Waals surface area contributed by atoms with Gasteiger partial charge in [-0.1, -0.05) is 62.2 Å². The number of rotatable bonds is 10. The first-order valence-corrected chi connectivity index (χ1v) is 12.7. The average Bonchev–Trinajstić information content (AvgIpc) is 3.14. The summed E-state index contributed by atoms with van der Waals surface area (Å²) in [5, 5.41) is 33.3. The number of aliphatic hydroxyl groups excluding tert-OH is 2. The van der Waals surface area contributed by atoms with E-state index in [1.807, 2.05) is 20.8 Å². The number of nitrogens with one attached hydrogen (secondary N) is 2. The Morgan fingerprint density at radius 3 is 2.65 bits per heavy atom. The summed E-state index contributed by atoms with van der Waals surface area (Å²) in [5.74, 6) is -2.58. The number of benzene rings is 2. The van der Waals surface area contributed by atoms with Gasteiger partial charge in [-0.3, -0.25) is 9.79 Å². The molecule has 37 heavy (non-hydrogen) atoms. The molecule has 1 heterocycles. The molecular formula is C27H32Cl2FN3O4. The third kappa shape index (κ3) is 7.23. The number of amides is 1. The van der Waals surface area contributed by atoms with Crippen LogP contribution in [0.4, 0.5) is 4.39 Å². The van der Waals surface area contributed by atoms with Gasteiger partial charge in [0.15, 0.2) is 5.88 Å². The topological polar surface area (TPSA) is 118 Å². The first kappa shape index (κ1) is 28.9. The van der Waals surface area contributed by atoms with Crippen molar-refractivity contribution < 1.29 is 24.5 Å². The van der Waals surface area contributed by atoms with Gasteiger partial charge >= 0.3 is 0 Å². The van der Waals surface area contributed by atoms with Crippen LogP contribution in [0.5, 0.6) is 5.88 Å². The fourth-order valence-corrected chi connectivity index (χ4v) is 4.39. The number of aliphatic hydroxyl groups is 2. The van der Waals surface area contributed by atoms with Crippen molar-refractivity contribution in [3.8, 4) is 5.88 Å². The van der Waals surface area contributed by atoms with Gasteiger partial charge in [-0.25, -0.2) is 4.39 Å². The van der Waals surface area contributed by atoms with Gasteiger partial charge in [0.1, 0.15) is 11.9 Å². The second-order valence-electron chi connectivity index (χ2n) is 10.2. The Balaban J connectivity index is 2.19. The van der Waals surface area contributed by atoms with Gasteiger partial charge < -0.3 is 25.6 Å². The van der Waals surface area contributed by atoms with E-state index in [1.165, 1.54) is 12.1 Å². The zero-order chi connectivity index (χ0) is 27.3. The molecule has 0 aliphatic rings. The standard InChI is InChI=1S/C27H32Cl2FN3O4/c1-27(2,3)10-12-31-24(26(37)32-11-9-16(35)14-34)21(18-5-4-6-19(29)23(18)30)22-17-8-7-15(28)13-20(17)33-25(22)36/h4-8,12-13,16,21,24,33-36H,9-11,14H2,1-3H3,(H,32,37)/t16-,21+,24+/m0/s1.